The Morgan fingerprint density at radius 2 is 2.00 bits per heavy atom. The molecule has 0 bridgehead atoms. The lowest BCUT2D eigenvalue weighted by Crippen LogP contribution is -2.48. The number of carbonyl (C=O) groups is 1. The van der Waals surface area contributed by atoms with Crippen LogP contribution in [-0.2, 0) is 4.79 Å². The molecular weight excluding hydrogens is 468 g/mol. The molecule has 2 aromatic heterocycles. The number of anilines is 2. The van der Waals surface area contributed by atoms with Gasteiger partial charge < -0.3 is 14.7 Å². The van der Waals surface area contributed by atoms with Crippen molar-refractivity contribution in [1.29, 1.82) is 0 Å². The number of benzene rings is 1. The number of carboxylic acid groups (broad SMARTS) is 1. The molecule has 0 spiro atoms. The number of piperidine rings is 1. The van der Waals surface area contributed by atoms with Gasteiger partial charge in [0.05, 0.1) is 16.1 Å². The van der Waals surface area contributed by atoms with E-state index < -0.39 is 11.4 Å². The third-order valence-corrected chi connectivity index (χ3v) is 7.35. The fourth-order valence-corrected chi connectivity index (χ4v) is 5.38. The van der Waals surface area contributed by atoms with Gasteiger partial charge in [-0.1, -0.05) is 55.3 Å². The summed E-state index contributed by atoms with van der Waals surface area (Å²) in [6, 6.07) is 17.5. The fourth-order valence-electron chi connectivity index (χ4n) is 4.56. The van der Waals surface area contributed by atoms with Gasteiger partial charge >= 0.3 is 5.97 Å². The van der Waals surface area contributed by atoms with Gasteiger partial charge in [0.1, 0.15) is 16.7 Å². The summed E-state index contributed by atoms with van der Waals surface area (Å²) in [6.07, 6.45) is 3.10. The van der Waals surface area contributed by atoms with Crippen LogP contribution < -0.4 is 9.62 Å². The summed E-state index contributed by atoms with van der Waals surface area (Å²) in [5.74, 6) is 0.785. The SMILES string of the molecule is CCCC1(C(=O)O)CCCN(c2cccc(SNc3ccc(Cl)c(-c4ccccc4C)n3)n2)C1. The third kappa shape index (κ3) is 5.31. The third-order valence-electron chi connectivity index (χ3n) is 6.30. The average Bonchev–Trinajstić information content (AvgIpc) is 2.84. The Kier molecular flexibility index (Phi) is 7.63. The van der Waals surface area contributed by atoms with Gasteiger partial charge in [0.15, 0.2) is 0 Å². The molecule has 3 heterocycles. The van der Waals surface area contributed by atoms with Gasteiger partial charge in [-0.3, -0.25) is 4.79 Å². The van der Waals surface area contributed by atoms with Crippen LogP contribution in [0.15, 0.2) is 59.6 Å². The molecule has 3 aromatic rings. The summed E-state index contributed by atoms with van der Waals surface area (Å²) in [5, 5.41) is 11.3. The largest absolute Gasteiger partial charge is 0.481 e. The van der Waals surface area contributed by atoms with Crippen molar-refractivity contribution in [1.82, 2.24) is 9.97 Å². The van der Waals surface area contributed by atoms with Gasteiger partial charge in [-0.2, -0.15) is 0 Å². The van der Waals surface area contributed by atoms with Crippen molar-refractivity contribution in [2.45, 2.75) is 44.6 Å². The molecule has 1 aliphatic rings. The second-order valence-corrected chi connectivity index (χ2v) is 9.97. The number of hydrogen-bond acceptors (Lipinski definition) is 6. The quantitative estimate of drug-likeness (QED) is 0.336. The van der Waals surface area contributed by atoms with Crippen LogP contribution in [0.2, 0.25) is 5.02 Å². The molecule has 8 heteroatoms. The predicted octanol–water partition coefficient (Wildman–Crippen LogP) is 6.70. The topological polar surface area (TPSA) is 78.4 Å². The highest BCUT2D eigenvalue weighted by Gasteiger charge is 2.41. The van der Waals surface area contributed by atoms with Crippen LogP contribution in [0.1, 0.15) is 38.2 Å². The molecule has 1 fully saturated rings. The number of pyridine rings is 2. The zero-order chi connectivity index (χ0) is 24.1. The molecule has 1 atom stereocenters. The molecule has 0 radical (unpaired) electrons. The monoisotopic (exact) mass is 496 g/mol. The summed E-state index contributed by atoms with van der Waals surface area (Å²) in [7, 11) is 0. The molecule has 0 saturated carbocycles. The fraction of sp³-hybridized carbons (Fsp3) is 0.346. The maximum absolute atomic E-state index is 12.1. The molecule has 2 N–H and O–H groups in total. The second kappa shape index (κ2) is 10.7. The minimum absolute atomic E-state index is 0.489. The number of aromatic nitrogens is 2. The molecule has 178 valence electrons. The number of aryl methyl sites for hydroxylation is 1. The molecule has 4 rings (SSSR count). The van der Waals surface area contributed by atoms with E-state index in [0.717, 1.165) is 47.1 Å². The molecule has 1 aliphatic heterocycles. The van der Waals surface area contributed by atoms with Crippen molar-refractivity contribution < 1.29 is 9.90 Å². The van der Waals surface area contributed by atoms with E-state index in [0.29, 0.717) is 30.2 Å². The van der Waals surface area contributed by atoms with E-state index in [9.17, 15) is 9.90 Å². The smallest absolute Gasteiger partial charge is 0.311 e. The number of rotatable bonds is 8. The van der Waals surface area contributed by atoms with Crippen LogP contribution in [0.5, 0.6) is 0 Å². The lowest BCUT2D eigenvalue weighted by molar-refractivity contribution is -0.150. The molecular formula is C26H29ClN4O2S. The zero-order valence-electron chi connectivity index (χ0n) is 19.4. The summed E-state index contributed by atoms with van der Waals surface area (Å²) in [5.41, 5.74) is 2.15. The Balaban J connectivity index is 1.49. The van der Waals surface area contributed by atoms with Crippen LogP contribution in [0.4, 0.5) is 11.6 Å². The van der Waals surface area contributed by atoms with Crippen molar-refractivity contribution in [2.75, 3.05) is 22.7 Å². The summed E-state index contributed by atoms with van der Waals surface area (Å²) >= 11 is 7.81. The summed E-state index contributed by atoms with van der Waals surface area (Å²) < 4.78 is 3.27. The van der Waals surface area contributed by atoms with Crippen molar-refractivity contribution in [3.05, 3.63) is 65.2 Å². The van der Waals surface area contributed by atoms with Crippen LogP contribution in [-0.4, -0.2) is 34.1 Å². The van der Waals surface area contributed by atoms with Crippen molar-refractivity contribution >= 4 is 41.2 Å². The normalized spacial score (nSPS) is 18.0. The van der Waals surface area contributed by atoms with E-state index in [2.05, 4.69) is 9.62 Å². The minimum Gasteiger partial charge on any atom is -0.481 e. The van der Waals surface area contributed by atoms with Crippen LogP contribution in [0.25, 0.3) is 11.3 Å². The molecule has 1 aromatic carbocycles. The van der Waals surface area contributed by atoms with E-state index >= 15 is 0 Å². The van der Waals surface area contributed by atoms with Gasteiger partial charge in [-0.25, -0.2) is 9.97 Å². The maximum Gasteiger partial charge on any atom is 0.311 e. The first-order chi connectivity index (χ1) is 16.4. The van der Waals surface area contributed by atoms with Gasteiger partial charge in [0.2, 0.25) is 0 Å². The van der Waals surface area contributed by atoms with Crippen LogP contribution in [0.3, 0.4) is 0 Å². The first-order valence-electron chi connectivity index (χ1n) is 11.5. The number of aliphatic carboxylic acids is 1. The van der Waals surface area contributed by atoms with Crippen molar-refractivity contribution in [3.63, 3.8) is 0 Å². The molecule has 34 heavy (non-hydrogen) atoms. The summed E-state index contributed by atoms with van der Waals surface area (Å²) in [4.78, 5) is 23.7. The van der Waals surface area contributed by atoms with E-state index in [1.54, 1.807) is 0 Å². The van der Waals surface area contributed by atoms with E-state index in [1.165, 1.54) is 11.9 Å². The lowest BCUT2D eigenvalue weighted by Gasteiger charge is -2.40. The Morgan fingerprint density at radius 1 is 1.18 bits per heavy atom. The molecule has 0 amide bonds. The number of halogens is 1. The van der Waals surface area contributed by atoms with Crippen LogP contribution in [0, 0.1) is 12.3 Å². The highest BCUT2D eigenvalue weighted by atomic mass is 35.5. The van der Waals surface area contributed by atoms with Gasteiger partial charge in [0.25, 0.3) is 0 Å². The minimum atomic E-state index is -0.704. The zero-order valence-corrected chi connectivity index (χ0v) is 21.0. The number of hydrogen-bond donors (Lipinski definition) is 2. The van der Waals surface area contributed by atoms with E-state index in [4.69, 9.17) is 21.6 Å². The summed E-state index contributed by atoms with van der Waals surface area (Å²) in [6.45, 7) is 5.38. The van der Waals surface area contributed by atoms with Gasteiger partial charge in [-0.15, -0.1) is 0 Å². The Labute approximate surface area is 209 Å². The average molecular weight is 497 g/mol. The second-order valence-electron chi connectivity index (χ2n) is 8.74. The molecule has 1 saturated heterocycles. The highest BCUT2D eigenvalue weighted by molar-refractivity contribution is 8.00. The predicted molar refractivity (Wildman–Crippen MR) is 140 cm³/mol. The van der Waals surface area contributed by atoms with E-state index in [-0.39, 0.29) is 0 Å². The lowest BCUT2D eigenvalue weighted by atomic mass is 9.76. The number of carboxylic acids is 1. The van der Waals surface area contributed by atoms with E-state index in [1.807, 2.05) is 68.4 Å². The number of nitrogens with zero attached hydrogens (tertiary/aromatic N) is 3. The van der Waals surface area contributed by atoms with Gasteiger partial charge in [-0.05, 0) is 56.0 Å². The Hall–Kier alpha value is -2.77. The van der Waals surface area contributed by atoms with Crippen molar-refractivity contribution in [3.8, 4) is 11.3 Å². The maximum atomic E-state index is 12.1. The van der Waals surface area contributed by atoms with Gasteiger partial charge in [0, 0.05) is 30.6 Å². The highest BCUT2D eigenvalue weighted by Crippen LogP contribution is 2.37. The Morgan fingerprint density at radius 3 is 2.76 bits per heavy atom. The number of nitrogens with one attached hydrogen (secondary N) is 1. The molecule has 6 nitrogen and oxygen atoms in total. The molecule has 0 aliphatic carbocycles. The van der Waals surface area contributed by atoms with Crippen LogP contribution >= 0.6 is 23.5 Å². The molecule has 1 unspecified atom stereocenters. The first-order valence-corrected chi connectivity index (χ1v) is 12.7. The van der Waals surface area contributed by atoms with Crippen molar-refractivity contribution in [2.24, 2.45) is 5.41 Å². The first kappa shape index (κ1) is 24.4. The Bertz CT molecular complexity index is 1170. The standard InChI is InChI=1S/C26H29ClN4O2S/c1-3-14-26(25(32)33)15-7-16-31(17-26)22-10-6-11-23(29-22)34-30-21-13-12-20(27)24(28-21)19-9-5-4-8-18(19)2/h4-6,8-13H,3,7,14-17H2,1-2H3,(H,28,30)(H,32,33).